The van der Waals surface area contributed by atoms with Gasteiger partial charge in [0.15, 0.2) is 0 Å². The quantitative estimate of drug-likeness (QED) is 0.610. The van der Waals surface area contributed by atoms with E-state index in [1.807, 2.05) is 65.6 Å². The van der Waals surface area contributed by atoms with Crippen LogP contribution in [0.1, 0.15) is 18.1 Å². The van der Waals surface area contributed by atoms with Gasteiger partial charge in [0.25, 0.3) is 0 Å². The third-order valence-electron chi connectivity index (χ3n) is 4.89. The monoisotopic (exact) mass is 402 g/mol. The summed E-state index contributed by atoms with van der Waals surface area (Å²) < 4.78 is 0. The third kappa shape index (κ3) is 4.35. The molecule has 0 atom stereocenters. The summed E-state index contributed by atoms with van der Waals surface area (Å²) in [6.45, 7) is 1.48. The smallest absolute Gasteiger partial charge is 0.241 e. The molecule has 3 aromatic carbocycles. The highest BCUT2D eigenvalue weighted by molar-refractivity contribution is 8.00. The number of carbonyl (C=O) groups excluding carboxylic acids is 2. The lowest BCUT2D eigenvalue weighted by atomic mass is 10.0. The van der Waals surface area contributed by atoms with Gasteiger partial charge in [-0.3, -0.25) is 14.5 Å². The first-order chi connectivity index (χ1) is 14.1. The second-order valence-electron chi connectivity index (χ2n) is 6.98. The molecule has 1 aliphatic rings. The number of benzene rings is 3. The first-order valence-electron chi connectivity index (χ1n) is 9.61. The third-order valence-corrected chi connectivity index (χ3v) is 5.87. The van der Waals surface area contributed by atoms with Crippen molar-refractivity contribution in [1.82, 2.24) is 0 Å². The standard InChI is InChI=1S/C24H22N2O2S/c1-17(27)25-20-9-6-10-21(15-20)29-16-24(28)26-22-11-4-2-7-18(22)13-14-19-8-3-5-12-23(19)26/h2-12,15H,13-14,16H2,1H3,(H,25,27). The maximum Gasteiger partial charge on any atom is 0.241 e. The molecule has 0 aromatic heterocycles. The molecule has 1 N–H and O–H groups in total. The van der Waals surface area contributed by atoms with Crippen LogP contribution in [0.2, 0.25) is 0 Å². The number of amides is 2. The molecule has 146 valence electrons. The van der Waals surface area contributed by atoms with E-state index in [1.54, 1.807) is 0 Å². The summed E-state index contributed by atoms with van der Waals surface area (Å²) in [7, 11) is 0. The minimum absolute atomic E-state index is 0.0433. The summed E-state index contributed by atoms with van der Waals surface area (Å²) in [5.41, 5.74) is 5.05. The normalized spacial score (nSPS) is 12.5. The van der Waals surface area contributed by atoms with Gasteiger partial charge in [0.2, 0.25) is 11.8 Å². The first-order valence-corrected chi connectivity index (χ1v) is 10.6. The SMILES string of the molecule is CC(=O)Nc1cccc(SCC(=O)N2c3ccccc3CCc3ccccc32)c1. The average molecular weight is 403 g/mol. The van der Waals surface area contributed by atoms with Crippen LogP contribution in [0.3, 0.4) is 0 Å². The molecular formula is C24H22N2O2S. The molecule has 1 aliphatic heterocycles. The van der Waals surface area contributed by atoms with E-state index in [2.05, 4.69) is 17.4 Å². The van der Waals surface area contributed by atoms with Crippen LogP contribution in [0.25, 0.3) is 0 Å². The number of thioether (sulfide) groups is 1. The number of rotatable bonds is 4. The lowest BCUT2D eigenvalue weighted by molar-refractivity contribution is -0.115. The van der Waals surface area contributed by atoms with E-state index in [0.29, 0.717) is 5.75 Å². The average Bonchev–Trinajstić information content (AvgIpc) is 2.89. The fourth-order valence-electron chi connectivity index (χ4n) is 3.63. The van der Waals surface area contributed by atoms with Gasteiger partial charge in [0, 0.05) is 17.5 Å². The summed E-state index contributed by atoms with van der Waals surface area (Å²) in [6, 6.07) is 23.8. The Kier molecular flexibility index (Phi) is 5.67. The van der Waals surface area contributed by atoms with E-state index in [1.165, 1.54) is 29.8 Å². The van der Waals surface area contributed by atoms with Gasteiger partial charge in [0.1, 0.15) is 0 Å². The molecule has 0 spiro atoms. The molecular weight excluding hydrogens is 380 g/mol. The number of aryl methyl sites for hydroxylation is 2. The number of fused-ring (bicyclic) bond motifs is 2. The number of para-hydroxylation sites is 2. The summed E-state index contributed by atoms with van der Waals surface area (Å²) in [4.78, 5) is 27.4. The number of carbonyl (C=O) groups is 2. The van der Waals surface area contributed by atoms with Crippen molar-refractivity contribution in [2.75, 3.05) is 16.0 Å². The van der Waals surface area contributed by atoms with Crippen molar-refractivity contribution in [2.45, 2.75) is 24.7 Å². The molecule has 4 rings (SSSR count). The highest BCUT2D eigenvalue weighted by Crippen LogP contribution is 2.36. The fraction of sp³-hybridized carbons (Fsp3) is 0.167. The van der Waals surface area contributed by atoms with Crippen LogP contribution in [-0.2, 0) is 22.4 Å². The van der Waals surface area contributed by atoms with Crippen LogP contribution in [0.5, 0.6) is 0 Å². The van der Waals surface area contributed by atoms with Crippen LogP contribution in [0.15, 0.2) is 77.7 Å². The predicted octanol–water partition coefficient (Wildman–Crippen LogP) is 5.20. The Balaban J connectivity index is 1.59. The zero-order chi connectivity index (χ0) is 20.2. The van der Waals surface area contributed by atoms with Crippen molar-refractivity contribution in [3.8, 4) is 0 Å². The summed E-state index contributed by atoms with van der Waals surface area (Å²) in [5.74, 6) is 0.245. The molecule has 0 radical (unpaired) electrons. The largest absolute Gasteiger partial charge is 0.326 e. The molecule has 29 heavy (non-hydrogen) atoms. The minimum Gasteiger partial charge on any atom is -0.326 e. The van der Waals surface area contributed by atoms with E-state index in [9.17, 15) is 9.59 Å². The van der Waals surface area contributed by atoms with E-state index in [0.717, 1.165) is 34.8 Å². The fourth-order valence-corrected chi connectivity index (χ4v) is 4.43. The molecule has 5 heteroatoms. The Bertz CT molecular complexity index is 1020. The van der Waals surface area contributed by atoms with Gasteiger partial charge >= 0.3 is 0 Å². The van der Waals surface area contributed by atoms with Gasteiger partial charge in [-0.05, 0) is 54.3 Å². The van der Waals surface area contributed by atoms with Crippen LogP contribution >= 0.6 is 11.8 Å². The summed E-state index contributed by atoms with van der Waals surface area (Å²) >= 11 is 1.48. The van der Waals surface area contributed by atoms with Crippen LogP contribution in [0.4, 0.5) is 17.1 Å². The van der Waals surface area contributed by atoms with E-state index in [4.69, 9.17) is 0 Å². The van der Waals surface area contributed by atoms with E-state index < -0.39 is 0 Å². The highest BCUT2D eigenvalue weighted by Gasteiger charge is 2.25. The van der Waals surface area contributed by atoms with E-state index in [-0.39, 0.29) is 11.8 Å². The van der Waals surface area contributed by atoms with Gasteiger partial charge in [-0.2, -0.15) is 0 Å². The Morgan fingerprint density at radius 3 is 2.14 bits per heavy atom. The molecule has 0 saturated heterocycles. The van der Waals surface area contributed by atoms with Crippen molar-refractivity contribution in [3.63, 3.8) is 0 Å². The number of hydrogen-bond donors (Lipinski definition) is 1. The van der Waals surface area contributed by atoms with Crippen molar-refractivity contribution >= 4 is 40.6 Å². The van der Waals surface area contributed by atoms with Crippen molar-refractivity contribution in [3.05, 3.63) is 83.9 Å². The second kappa shape index (κ2) is 8.53. The van der Waals surface area contributed by atoms with Gasteiger partial charge < -0.3 is 5.32 Å². The Morgan fingerprint density at radius 1 is 0.897 bits per heavy atom. The lowest BCUT2D eigenvalue weighted by Crippen LogP contribution is -2.28. The van der Waals surface area contributed by atoms with Gasteiger partial charge in [0.05, 0.1) is 17.1 Å². The molecule has 0 saturated carbocycles. The zero-order valence-corrected chi connectivity index (χ0v) is 17.0. The van der Waals surface area contributed by atoms with Crippen molar-refractivity contribution in [1.29, 1.82) is 0 Å². The van der Waals surface area contributed by atoms with Crippen molar-refractivity contribution < 1.29 is 9.59 Å². The topological polar surface area (TPSA) is 49.4 Å². The van der Waals surface area contributed by atoms with Gasteiger partial charge in [-0.1, -0.05) is 42.5 Å². The number of nitrogens with one attached hydrogen (secondary N) is 1. The predicted molar refractivity (Wildman–Crippen MR) is 119 cm³/mol. The number of hydrogen-bond acceptors (Lipinski definition) is 3. The summed E-state index contributed by atoms with van der Waals surface area (Å²) in [6.07, 6.45) is 1.84. The second-order valence-corrected chi connectivity index (χ2v) is 8.03. The molecule has 0 aliphatic carbocycles. The summed E-state index contributed by atoms with van der Waals surface area (Å²) in [5, 5.41) is 2.78. The maximum atomic E-state index is 13.3. The van der Waals surface area contributed by atoms with Crippen molar-refractivity contribution in [2.24, 2.45) is 0 Å². The molecule has 1 heterocycles. The maximum absolute atomic E-state index is 13.3. The molecule has 0 fully saturated rings. The number of anilines is 3. The molecule has 4 nitrogen and oxygen atoms in total. The number of nitrogens with zero attached hydrogens (tertiary/aromatic N) is 1. The highest BCUT2D eigenvalue weighted by atomic mass is 32.2. The van der Waals surface area contributed by atoms with Crippen LogP contribution < -0.4 is 10.2 Å². The first kappa shape index (κ1) is 19.3. The molecule has 0 unspecified atom stereocenters. The Labute approximate surface area is 174 Å². The molecule has 0 bridgehead atoms. The van der Waals surface area contributed by atoms with Crippen LogP contribution in [-0.4, -0.2) is 17.6 Å². The minimum atomic E-state index is -0.110. The van der Waals surface area contributed by atoms with Gasteiger partial charge in [-0.15, -0.1) is 11.8 Å². The molecule has 2 amide bonds. The Morgan fingerprint density at radius 2 is 1.52 bits per heavy atom. The lowest BCUT2D eigenvalue weighted by Gasteiger charge is -2.25. The molecule has 3 aromatic rings. The Hall–Kier alpha value is -3.05. The van der Waals surface area contributed by atoms with Gasteiger partial charge in [-0.25, -0.2) is 0 Å². The zero-order valence-electron chi connectivity index (χ0n) is 16.2. The van der Waals surface area contributed by atoms with E-state index >= 15 is 0 Å². The van der Waals surface area contributed by atoms with Crippen LogP contribution in [0, 0.1) is 0 Å².